The molecule has 0 bridgehead atoms. The van der Waals surface area contributed by atoms with E-state index in [1.165, 1.54) is 0 Å². The predicted octanol–water partition coefficient (Wildman–Crippen LogP) is 1.53. The molecule has 2 heteroatoms. The summed E-state index contributed by atoms with van der Waals surface area (Å²) in [5.74, 6) is 0.188. The fourth-order valence-electron chi connectivity index (χ4n) is 1.65. The van der Waals surface area contributed by atoms with Gasteiger partial charge < -0.3 is 4.74 Å². The maximum atomic E-state index is 11.1. The second kappa shape index (κ2) is 2.70. The van der Waals surface area contributed by atoms with E-state index in [-0.39, 0.29) is 5.78 Å². The van der Waals surface area contributed by atoms with Crippen LogP contribution in [-0.4, -0.2) is 18.5 Å². The summed E-state index contributed by atoms with van der Waals surface area (Å²) < 4.78 is 5.21. The van der Waals surface area contributed by atoms with Gasteiger partial charge in [-0.1, -0.05) is 0 Å². The van der Waals surface area contributed by atoms with Gasteiger partial charge in [-0.05, 0) is 32.6 Å². The standard InChI is InChI=1S/C8H14O2/c1-7(9)8(10-2)5-3-4-6-8/h3-6H2,1-2H3. The monoisotopic (exact) mass is 142 g/mol. The smallest absolute Gasteiger partial charge is 0.161 e. The first-order valence-corrected chi connectivity index (χ1v) is 3.77. The number of ketones is 1. The van der Waals surface area contributed by atoms with Gasteiger partial charge >= 0.3 is 0 Å². The van der Waals surface area contributed by atoms with E-state index >= 15 is 0 Å². The SMILES string of the molecule is COC1(C(C)=O)CCCC1. The van der Waals surface area contributed by atoms with E-state index in [1.54, 1.807) is 14.0 Å². The van der Waals surface area contributed by atoms with Crippen LogP contribution in [0.15, 0.2) is 0 Å². The highest BCUT2D eigenvalue weighted by molar-refractivity contribution is 5.85. The minimum absolute atomic E-state index is 0.188. The minimum atomic E-state index is -0.403. The molecule has 1 aliphatic carbocycles. The van der Waals surface area contributed by atoms with Crippen LogP contribution in [-0.2, 0) is 9.53 Å². The summed E-state index contributed by atoms with van der Waals surface area (Å²) in [6.45, 7) is 1.62. The number of Topliss-reactive ketones (excluding diaryl/α,β-unsaturated/α-hetero) is 1. The van der Waals surface area contributed by atoms with Crippen LogP contribution in [0, 0.1) is 0 Å². The quantitative estimate of drug-likeness (QED) is 0.584. The van der Waals surface area contributed by atoms with Gasteiger partial charge in [-0.25, -0.2) is 0 Å². The molecule has 1 aliphatic rings. The molecule has 0 radical (unpaired) electrons. The summed E-state index contributed by atoms with van der Waals surface area (Å²) in [6, 6.07) is 0. The molecule has 10 heavy (non-hydrogen) atoms. The molecule has 0 heterocycles. The van der Waals surface area contributed by atoms with E-state index in [2.05, 4.69) is 0 Å². The summed E-state index contributed by atoms with van der Waals surface area (Å²) in [5.41, 5.74) is -0.403. The van der Waals surface area contributed by atoms with Crippen LogP contribution < -0.4 is 0 Å². The normalized spacial score (nSPS) is 23.0. The highest BCUT2D eigenvalue weighted by Gasteiger charge is 2.38. The van der Waals surface area contributed by atoms with Crippen LogP contribution >= 0.6 is 0 Å². The molecule has 0 aromatic rings. The van der Waals surface area contributed by atoms with Crippen LogP contribution in [0.25, 0.3) is 0 Å². The largest absolute Gasteiger partial charge is 0.370 e. The Morgan fingerprint density at radius 3 is 2.10 bits per heavy atom. The molecule has 0 atom stereocenters. The number of hydrogen-bond donors (Lipinski definition) is 0. The van der Waals surface area contributed by atoms with Gasteiger partial charge in [0.1, 0.15) is 5.60 Å². The van der Waals surface area contributed by atoms with Gasteiger partial charge in [0.25, 0.3) is 0 Å². The highest BCUT2D eigenvalue weighted by Crippen LogP contribution is 2.33. The number of carbonyl (C=O) groups is 1. The van der Waals surface area contributed by atoms with Crippen molar-refractivity contribution in [3.63, 3.8) is 0 Å². The first-order chi connectivity index (χ1) is 4.71. The van der Waals surface area contributed by atoms with Crippen LogP contribution in [0.2, 0.25) is 0 Å². The summed E-state index contributed by atoms with van der Waals surface area (Å²) in [6.07, 6.45) is 4.10. The Labute approximate surface area is 61.6 Å². The molecule has 0 amide bonds. The third-order valence-corrected chi connectivity index (χ3v) is 2.44. The number of hydrogen-bond acceptors (Lipinski definition) is 2. The van der Waals surface area contributed by atoms with E-state index in [9.17, 15) is 4.79 Å². The third kappa shape index (κ3) is 1.08. The maximum Gasteiger partial charge on any atom is 0.161 e. The van der Waals surface area contributed by atoms with Crippen molar-refractivity contribution in [2.45, 2.75) is 38.2 Å². The first-order valence-electron chi connectivity index (χ1n) is 3.77. The fourth-order valence-corrected chi connectivity index (χ4v) is 1.65. The van der Waals surface area contributed by atoms with Gasteiger partial charge in [0, 0.05) is 7.11 Å². The lowest BCUT2D eigenvalue weighted by atomic mass is 9.98. The molecule has 0 unspecified atom stereocenters. The Kier molecular flexibility index (Phi) is 2.09. The first kappa shape index (κ1) is 7.73. The lowest BCUT2D eigenvalue weighted by Crippen LogP contribution is -2.35. The predicted molar refractivity (Wildman–Crippen MR) is 38.9 cm³/mol. The fraction of sp³-hybridized carbons (Fsp3) is 0.875. The van der Waals surface area contributed by atoms with E-state index < -0.39 is 5.60 Å². The number of carbonyl (C=O) groups excluding carboxylic acids is 1. The number of rotatable bonds is 2. The average Bonchev–Trinajstić information content (AvgIpc) is 2.35. The molecule has 0 saturated heterocycles. The summed E-state index contributed by atoms with van der Waals surface area (Å²) in [4.78, 5) is 11.1. The van der Waals surface area contributed by atoms with Crippen LogP contribution in [0.1, 0.15) is 32.6 Å². The van der Waals surface area contributed by atoms with E-state index in [0.29, 0.717) is 0 Å². The summed E-state index contributed by atoms with van der Waals surface area (Å²) in [5, 5.41) is 0. The van der Waals surface area contributed by atoms with Crippen molar-refractivity contribution in [2.75, 3.05) is 7.11 Å². The zero-order valence-electron chi connectivity index (χ0n) is 6.64. The Balaban J connectivity index is 2.67. The summed E-state index contributed by atoms with van der Waals surface area (Å²) in [7, 11) is 1.63. The zero-order chi connectivity index (χ0) is 7.61. The Bertz CT molecular complexity index is 134. The zero-order valence-corrected chi connectivity index (χ0v) is 6.64. The molecule has 0 spiro atoms. The topological polar surface area (TPSA) is 26.3 Å². The molecule has 1 rings (SSSR count). The molecule has 0 aliphatic heterocycles. The molecular weight excluding hydrogens is 128 g/mol. The molecule has 2 nitrogen and oxygen atoms in total. The molecular formula is C8H14O2. The minimum Gasteiger partial charge on any atom is -0.370 e. The number of methoxy groups -OCH3 is 1. The van der Waals surface area contributed by atoms with Crippen molar-refractivity contribution < 1.29 is 9.53 Å². The lowest BCUT2D eigenvalue weighted by molar-refractivity contribution is -0.137. The van der Waals surface area contributed by atoms with Crippen LogP contribution in [0.5, 0.6) is 0 Å². The van der Waals surface area contributed by atoms with E-state index in [1.807, 2.05) is 0 Å². The van der Waals surface area contributed by atoms with Gasteiger partial charge in [0.15, 0.2) is 5.78 Å². The van der Waals surface area contributed by atoms with Gasteiger partial charge in [0.05, 0.1) is 0 Å². The van der Waals surface area contributed by atoms with Crippen LogP contribution in [0.4, 0.5) is 0 Å². The van der Waals surface area contributed by atoms with Crippen molar-refractivity contribution in [1.29, 1.82) is 0 Å². The molecule has 0 aromatic carbocycles. The van der Waals surface area contributed by atoms with Crippen molar-refractivity contribution >= 4 is 5.78 Å². The average molecular weight is 142 g/mol. The van der Waals surface area contributed by atoms with E-state index in [0.717, 1.165) is 25.7 Å². The van der Waals surface area contributed by atoms with Crippen LogP contribution in [0.3, 0.4) is 0 Å². The summed E-state index contributed by atoms with van der Waals surface area (Å²) >= 11 is 0. The highest BCUT2D eigenvalue weighted by atomic mass is 16.5. The maximum absolute atomic E-state index is 11.1. The van der Waals surface area contributed by atoms with E-state index in [4.69, 9.17) is 4.74 Å². The molecule has 58 valence electrons. The Morgan fingerprint density at radius 2 is 1.90 bits per heavy atom. The van der Waals surface area contributed by atoms with Gasteiger partial charge in [-0.3, -0.25) is 4.79 Å². The van der Waals surface area contributed by atoms with Gasteiger partial charge in [0.2, 0.25) is 0 Å². The lowest BCUT2D eigenvalue weighted by Gasteiger charge is -2.23. The Hall–Kier alpha value is -0.370. The van der Waals surface area contributed by atoms with Gasteiger partial charge in [-0.2, -0.15) is 0 Å². The molecule has 0 N–H and O–H groups in total. The Morgan fingerprint density at radius 1 is 1.40 bits per heavy atom. The van der Waals surface area contributed by atoms with Crippen molar-refractivity contribution in [3.05, 3.63) is 0 Å². The molecule has 1 fully saturated rings. The number of ether oxygens (including phenoxy) is 1. The van der Waals surface area contributed by atoms with Crippen molar-refractivity contribution in [2.24, 2.45) is 0 Å². The second-order valence-electron chi connectivity index (χ2n) is 2.96. The molecule has 0 aromatic heterocycles. The second-order valence-corrected chi connectivity index (χ2v) is 2.96. The third-order valence-electron chi connectivity index (χ3n) is 2.44. The van der Waals surface area contributed by atoms with Crippen molar-refractivity contribution in [1.82, 2.24) is 0 Å². The van der Waals surface area contributed by atoms with Crippen molar-refractivity contribution in [3.8, 4) is 0 Å². The molecule has 1 saturated carbocycles. The van der Waals surface area contributed by atoms with Gasteiger partial charge in [-0.15, -0.1) is 0 Å².